The summed E-state index contributed by atoms with van der Waals surface area (Å²) in [6, 6.07) is 8.18. The zero-order valence-electron chi connectivity index (χ0n) is 14.1. The summed E-state index contributed by atoms with van der Waals surface area (Å²) in [6.45, 7) is 1.87. The van der Waals surface area contributed by atoms with E-state index in [0.717, 1.165) is 5.69 Å². The average molecular weight is 382 g/mol. The van der Waals surface area contributed by atoms with E-state index < -0.39 is 11.7 Å². The number of halogens is 2. The molecule has 0 aliphatic rings. The van der Waals surface area contributed by atoms with E-state index in [1.807, 2.05) is 19.1 Å². The second-order valence-corrected chi connectivity index (χ2v) is 6.37. The molecule has 0 unspecified atom stereocenters. The van der Waals surface area contributed by atoms with Gasteiger partial charge in [0.2, 0.25) is 5.95 Å². The van der Waals surface area contributed by atoms with Crippen LogP contribution in [0.3, 0.4) is 0 Å². The lowest BCUT2D eigenvalue weighted by Crippen LogP contribution is -2.07. The number of hydrogen-bond acceptors (Lipinski definition) is 5. The molecule has 0 aliphatic heterocycles. The van der Waals surface area contributed by atoms with Crippen LogP contribution in [0.2, 0.25) is 5.02 Å². The summed E-state index contributed by atoms with van der Waals surface area (Å²) in [4.78, 5) is 27.7. The third kappa shape index (κ3) is 3.37. The van der Waals surface area contributed by atoms with Crippen molar-refractivity contribution in [1.29, 1.82) is 0 Å². The molecule has 4 rings (SSSR count). The number of aromatic amines is 1. The zero-order valence-corrected chi connectivity index (χ0v) is 14.9. The van der Waals surface area contributed by atoms with Gasteiger partial charge in [-0.1, -0.05) is 11.6 Å². The Labute approximate surface area is 158 Å². The summed E-state index contributed by atoms with van der Waals surface area (Å²) in [5.74, 6) is -1.09. The SMILES string of the molecule is Cc1ccc(Nc2ccc(C(=O)c3c[nH]c4ncc(Cl)cc34)c(F)n2)cn1. The molecule has 0 aliphatic carbocycles. The summed E-state index contributed by atoms with van der Waals surface area (Å²) in [7, 11) is 0. The monoisotopic (exact) mass is 381 g/mol. The van der Waals surface area contributed by atoms with Crippen LogP contribution in [-0.4, -0.2) is 25.7 Å². The number of nitrogens with one attached hydrogen (secondary N) is 2. The summed E-state index contributed by atoms with van der Waals surface area (Å²) >= 11 is 5.95. The topological polar surface area (TPSA) is 83.6 Å². The van der Waals surface area contributed by atoms with Crippen LogP contribution < -0.4 is 5.32 Å². The molecule has 4 aromatic heterocycles. The van der Waals surface area contributed by atoms with Crippen LogP contribution in [0.25, 0.3) is 11.0 Å². The van der Waals surface area contributed by atoms with Crippen molar-refractivity contribution in [2.24, 2.45) is 0 Å². The Bertz CT molecular complexity index is 1160. The number of rotatable bonds is 4. The third-order valence-corrected chi connectivity index (χ3v) is 4.23. The van der Waals surface area contributed by atoms with Crippen LogP contribution in [0.4, 0.5) is 15.9 Å². The standard InChI is InChI=1S/C19H13ClFN5O/c1-10-2-3-12(8-22-10)25-16-5-4-13(18(21)26-16)17(27)15-9-24-19-14(15)6-11(20)7-23-19/h2-9H,1H3,(H,23,24)(H,25,26). The molecule has 0 fully saturated rings. The van der Waals surface area contributed by atoms with E-state index in [2.05, 4.69) is 25.3 Å². The Morgan fingerprint density at radius 1 is 1.15 bits per heavy atom. The number of hydrogen-bond donors (Lipinski definition) is 2. The number of pyridine rings is 3. The molecular weight excluding hydrogens is 369 g/mol. The highest BCUT2D eigenvalue weighted by atomic mass is 35.5. The fourth-order valence-electron chi connectivity index (χ4n) is 2.67. The van der Waals surface area contributed by atoms with E-state index in [0.29, 0.717) is 21.7 Å². The van der Waals surface area contributed by atoms with Crippen LogP contribution in [-0.2, 0) is 0 Å². The van der Waals surface area contributed by atoms with Crippen molar-refractivity contribution in [2.75, 3.05) is 5.32 Å². The number of aromatic nitrogens is 4. The number of anilines is 2. The number of carbonyl (C=O) groups is 1. The van der Waals surface area contributed by atoms with E-state index in [9.17, 15) is 9.18 Å². The number of H-pyrrole nitrogens is 1. The van der Waals surface area contributed by atoms with Gasteiger partial charge in [-0.15, -0.1) is 0 Å². The third-order valence-electron chi connectivity index (χ3n) is 4.02. The van der Waals surface area contributed by atoms with Gasteiger partial charge in [-0.3, -0.25) is 9.78 Å². The molecule has 8 heteroatoms. The number of carbonyl (C=O) groups excluding carboxylic acids is 1. The van der Waals surface area contributed by atoms with Crippen LogP contribution in [0.1, 0.15) is 21.6 Å². The summed E-state index contributed by atoms with van der Waals surface area (Å²) in [6.07, 6.45) is 4.58. The number of nitrogens with zero attached hydrogens (tertiary/aromatic N) is 3. The van der Waals surface area contributed by atoms with E-state index in [1.165, 1.54) is 24.5 Å². The summed E-state index contributed by atoms with van der Waals surface area (Å²) < 4.78 is 14.5. The van der Waals surface area contributed by atoms with Crippen molar-refractivity contribution < 1.29 is 9.18 Å². The first-order valence-corrected chi connectivity index (χ1v) is 8.42. The molecule has 2 N–H and O–H groups in total. The Kier molecular flexibility index (Phi) is 4.29. The van der Waals surface area contributed by atoms with Gasteiger partial charge in [0.15, 0.2) is 5.78 Å². The van der Waals surface area contributed by atoms with Gasteiger partial charge in [0.05, 0.1) is 22.5 Å². The summed E-state index contributed by atoms with van der Waals surface area (Å²) in [5.41, 5.74) is 2.19. The largest absolute Gasteiger partial charge is 0.345 e. The van der Waals surface area contributed by atoms with E-state index in [-0.39, 0.29) is 16.9 Å². The normalized spacial score (nSPS) is 10.9. The van der Waals surface area contributed by atoms with Crippen molar-refractivity contribution in [3.8, 4) is 0 Å². The quantitative estimate of drug-likeness (QED) is 0.403. The van der Waals surface area contributed by atoms with Crippen molar-refractivity contribution >= 4 is 39.9 Å². The molecule has 0 saturated heterocycles. The predicted molar refractivity (Wildman–Crippen MR) is 101 cm³/mol. The van der Waals surface area contributed by atoms with Crippen LogP contribution in [0, 0.1) is 12.9 Å². The molecule has 0 spiro atoms. The van der Waals surface area contributed by atoms with Crippen molar-refractivity contribution in [2.45, 2.75) is 6.92 Å². The highest BCUT2D eigenvalue weighted by Crippen LogP contribution is 2.24. The van der Waals surface area contributed by atoms with Crippen LogP contribution in [0.5, 0.6) is 0 Å². The van der Waals surface area contributed by atoms with Gasteiger partial charge in [-0.25, -0.2) is 9.97 Å². The Hall–Kier alpha value is -3.32. The highest BCUT2D eigenvalue weighted by molar-refractivity contribution is 6.31. The van der Waals surface area contributed by atoms with Crippen molar-refractivity contribution in [3.05, 3.63) is 76.7 Å². The molecule has 0 bridgehead atoms. The number of aryl methyl sites for hydroxylation is 1. The first-order chi connectivity index (χ1) is 13.0. The molecule has 6 nitrogen and oxygen atoms in total. The molecular formula is C19H13ClFN5O. The molecule has 0 atom stereocenters. The van der Waals surface area contributed by atoms with Crippen molar-refractivity contribution in [3.63, 3.8) is 0 Å². The lowest BCUT2D eigenvalue weighted by atomic mass is 10.0. The maximum Gasteiger partial charge on any atom is 0.226 e. The number of fused-ring (bicyclic) bond motifs is 1. The van der Waals surface area contributed by atoms with E-state index >= 15 is 0 Å². The molecule has 0 amide bonds. The molecule has 0 saturated carbocycles. The lowest BCUT2D eigenvalue weighted by Gasteiger charge is -2.07. The summed E-state index contributed by atoms with van der Waals surface area (Å²) in [5, 5.41) is 3.87. The van der Waals surface area contributed by atoms with Crippen LogP contribution in [0.15, 0.2) is 48.9 Å². The van der Waals surface area contributed by atoms with Crippen LogP contribution >= 0.6 is 11.6 Å². The van der Waals surface area contributed by atoms with Gasteiger partial charge >= 0.3 is 0 Å². The smallest absolute Gasteiger partial charge is 0.226 e. The van der Waals surface area contributed by atoms with E-state index in [1.54, 1.807) is 12.3 Å². The van der Waals surface area contributed by atoms with Crippen molar-refractivity contribution in [1.82, 2.24) is 19.9 Å². The highest BCUT2D eigenvalue weighted by Gasteiger charge is 2.19. The molecule has 4 heterocycles. The van der Waals surface area contributed by atoms with Gasteiger partial charge in [0.25, 0.3) is 0 Å². The Morgan fingerprint density at radius 2 is 2.00 bits per heavy atom. The fourth-order valence-corrected chi connectivity index (χ4v) is 2.83. The lowest BCUT2D eigenvalue weighted by molar-refractivity contribution is 0.103. The maximum absolute atomic E-state index is 14.5. The fraction of sp³-hybridized carbons (Fsp3) is 0.0526. The minimum atomic E-state index is -0.866. The molecule has 0 aromatic carbocycles. The molecule has 27 heavy (non-hydrogen) atoms. The van der Waals surface area contributed by atoms with Gasteiger partial charge in [-0.2, -0.15) is 4.39 Å². The second-order valence-electron chi connectivity index (χ2n) is 5.93. The van der Waals surface area contributed by atoms with Gasteiger partial charge in [0, 0.05) is 29.0 Å². The molecule has 134 valence electrons. The Balaban J connectivity index is 1.64. The maximum atomic E-state index is 14.5. The first kappa shape index (κ1) is 17.1. The minimum absolute atomic E-state index is 0.136. The average Bonchev–Trinajstić information content (AvgIpc) is 3.06. The second kappa shape index (κ2) is 6.77. The minimum Gasteiger partial charge on any atom is -0.345 e. The molecule has 0 radical (unpaired) electrons. The van der Waals surface area contributed by atoms with E-state index in [4.69, 9.17) is 11.6 Å². The molecule has 4 aromatic rings. The predicted octanol–water partition coefficient (Wildman–Crippen LogP) is 4.43. The van der Waals surface area contributed by atoms with Gasteiger partial charge in [-0.05, 0) is 37.3 Å². The van der Waals surface area contributed by atoms with Gasteiger partial charge in [0.1, 0.15) is 11.5 Å². The van der Waals surface area contributed by atoms with Gasteiger partial charge < -0.3 is 10.3 Å². The zero-order chi connectivity index (χ0) is 19.0. The first-order valence-electron chi connectivity index (χ1n) is 8.05. The Morgan fingerprint density at radius 3 is 2.74 bits per heavy atom. The number of ketones is 1.